The zero-order valence-electron chi connectivity index (χ0n) is 14.7. The number of nitrogens with zero attached hydrogens (tertiary/aromatic N) is 3. The smallest absolute Gasteiger partial charge is 0.277 e. The van der Waals surface area contributed by atoms with E-state index in [0.29, 0.717) is 35.7 Å². The van der Waals surface area contributed by atoms with E-state index in [1.807, 2.05) is 32.0 Å². The number of H-pyrrole nitrogens is 1. The number of benzene rings is 1. The van der Waals surface area contributed by atoms with Crippen molar-refractivity contribution in [2.45, 2.75) is 44.9 Å². The highest BCUT2D eigenvalue weighted by molar-refractivity contribution is 7.80. The van der Waals surface area contributed by atoms with Crippen molar-refractivity contribution in [3.05, 3.63) is 40.1 Å². The van der Waals surface area contributed by atoms with Crippen molar-refractivity contribution >= 4 is 18.1 Å². The van der Waals surface area contributed by atoms with Gasteiger partial charge in [-0.15, -0.1) is 17.7 Å². The van der Waals surface area contributed by atoms with E-state index in [0.717, 1.165) is 29.3 Å². The largest absolute Gasteiger partial charge is 0.493 e. The molecule has 0 bridgehead atoms. The highest BCUT2D eigenvalue weighted by Gasteiger charge is 2.17. The van der Waals surface area contributed by atoms with Gasteiger partial charge in [-0.2, -0.15) is 0 Å². The Kier molecular flexibility index (Phi) is 5.13. The third-order valence-corrected chi connectivity index (χ3v) is 4.25. The predicted molar refractivity (Wildman–Crippen MR) is 101 cm³/mol. The van der Waals surface area contributed by atoms with E-state index < -0.39 is 0 Å². The van der Waals surface area contributed by atoms with Gasteiger partial charge in [-0.05, 0) is 38.0 Å². The molecule has 6 nitrogen and oxygen atoms in total. The van der Waals surface area contributed by atoms with Crippen LogP contribution in [0.2, 0.25) is 0 Å². The average molecular weight is 358 g/mol. The van der Waals surface area contributed by atoms with Crippen molar-refractivity contribution < 1.29 is 4.74 Å². The number of aromatic amines is 1. The lowest BCUT2D eigenvalue weighted by Gasteiger charge is -2.11. The molecule has 7 heteroatoms. The van der Waals surface area contributed by atoms with Gasteiger partial charge < -0.3 is 9.72 Å². The summed E-state index contributed by atoms with van der Waals surface area (Å²) in [6.45, 7) is 6.51. The van der Waals surface area contributed by atoms with E-state index >= 15 is 0 Å². The number of imidazole rings is 1. The normalized spacial score (nSPS) is 11.2. The second-order valence-corrected chi connectivity index (χ2v) is 6.27. The molecule has 0 radical (unpaired) electrons. The van der Waals surface area contributed by atoms with Crippen molar-refractivity contribution in [1.29, 1.82) is 0 Å². The maximum atomic E-state index is 12.7. The highest BCUT2D eigenvalue weighted by Crippen LogP contribution is 2.29. The van der Waals surface area contributed by atoms with Crippen LogP contribution >= 0.6 is 12.6 Å². The van der Waals surface area contributed by atoms with Gasteiger partial charge in [0.2, 0.25) is 0 Å². The van der Waals surface area contributed by atoms with E-state index in [4.69, 9.17) is 4.74 Å². The highest BCUT2D eigenvalue weighted by atomic mass is 32.1. The van der Waals surface area contributed by atoms with E-state index in [2.05, 4.69) is 34.6 Å². The van der Waals surface area contributed by atoms with E-state index in [1.165, 1.54) is 0 Å². The SMILES string of the molecule is CCCc1nc(CC)c2c(=O)[nH]c(-c3cc(S)ccc3OCC)nn12. The first kappa shape index (κ1) is 17.5. The van der Waals surface area contributed by atoms with Crippen molar-refractivity contribution in [3.8, 4) is 17.1 Å². The van der Waals surface area contributed by atoms with E-state index in [9.17, 15) is 4.79 Å². The summed E-state index contributed by atoms with van der Waals surface area (Å²) in [5, 5.41) is 4.66. The lowest BCUT2D eigenvalue weighted by Crippen LogP contribution is -2.16. The Balaban J connectivity index is 2.27. The van der Waals surface area contributed by atoms with Gasteiger partial charge in [-0.1, -0.05) is 13.8 Å². The van der Waals surface area contributed by atoms with Gasteiger partial charge in [0.1, 0.15) is 11.6 Å². The quantitative estimate of drug-likeness (QED) is 0.663. The number of aryl methyl sites for hydroxylation is 2. The molecule has 0 spiro atoms. The molecule has 2 aromatic heterocycles. The Hall–Kier alpha value is -2.28. The molecule has 25 heavy (non-hydrogen) atoms. The first-order valence-electron chi connectivity index (χ1n) is 8.56. The Morgan fingerprint density at radius 3 is 2.76 bits per heavy atom. The summed E-state index contributed by atoms with van der Waals surface area (Å²) in [5.74, 6) is 1.92. The summed E-state index contributed by atoms with van der Waals surface area (Å²) in [5.41, 5.74) is 1.82. The molecule has 2 heterocycles. The van der Waals surface area contributed by atoms with Crippen LogP contribution in [-0.4, -0.2) is 26.2 Å². The minimum absolute atomic E-state index is 0.191. The predicted octanol–water partition coefficient (Wildman–Crippen LogP) is 3.29. The van der Waals surface area contributed by atoms with Gasteiger partial charge in [-0.3, -0.25) is 4.79 Å². The number of thiol groups is 1. The van der Waals surface area contributed by atoms with E-state index in [1.54, 1.807) is 4.52 Å². The second-order valence-electron chi connectivity index (χ2n) is 5.75. The molecule has 0 aliphatic rings. The van der Waals surface area contributed by atoms with Gasteiger partial charge in [0.05, 0.1) is 17.9 Å². The summed E-state index contributed by atoms with van der Waals surface area (Å²) in [7, 11) is 0. The molecule has 0 amide bonds. The fourth-order valence-electron chi connectivity index (χ4n) is 2.87. The molecule has 0 aliphatic heterocycles. The van der Waals surface area contributed by atoms with Gasteiger partial charge in [0.25, 0.3) is 5.56 Å². The molecule has 0 aliphatic carbocycles. The minimum atomic E-state index is -0.191. The van der Waals surface area contributed by atoms with Crippen LogP contribution in [0, 0.1) is 0 Å². The Bertz CT molecular complexity index is 962. The van der Waals surface area contributed by atoms with Crippen molar-refractivity contribution in [1.82, 2.24) is 19.6 Å². The summed E-state index contributed by atoms with van der Waals surface area (Å²) >= 11 is 4.40. The molecular formula is C18H22N4O2S. The van der Waals surface area contributed by atoms with Crippen LogP contribution in [0.15, 0.2) is 27.9 Å². The number of hydrogen-bond donors (Lipinski definition) is 2. The monoisotopic (exact) mass is 358 g/mol. The number of aromatic nitrogens is 4. The van der Waals surface area contributed by atoms with Crippen LogP contribution in [0.1, 0.15) is 38.7 Å². The summed E-state index contributed by atoms with van der Waals surface area (Å²) in [4.78, 5) is 21.0. The summed E-state index contributed by atoms with van der Waals surface area (Å²) in [6.07, 6.45) is 2.39. The number of rotatable bonds is 6. The molecule has 0 atom stereocenters. The molecule has 0 fully saturated rings. The third kappa shape index (κ3) is 3.28. The van der Waals surface area contributed by atoms with Crippen LogP contribution in [0.3, 0.4) is 0 Å². The fourth-order valence-corrected chi connectivity index (χ4v) is 3.08. The Morgan fingerprint density at radius 2 is 2.08 bits per heavy atom. The number of nitrogens with one attached hydrogen (secondary N) is 1. The molecule has 1 N–H and O–H groups in total. The molecule has 3 aromatic rings. The third-order valence-electron chi connectivity index (χ3n) is 3.97. The zero-order chi connectivity index (χ0) is 18.0. The number of fused-ring (bicyclic) bond motifs is 1. The minimum Gasteiger partial charge on any atom is -0.493 e. The Morgan fingerprint density at radius 1 is 1.28 bits per heavy atom. The summed E-state index contributed by atoms with van der Waals surface area (Å²) in [6, 6.07) is 5.53. The van der Waals surface area contributed by atoms with Crippen molar-refractivity contribution in [2.75, 3.05) is 6.61 Å². The molecule has 0 saturated carbocycles. The second kappa shape index (κ2) is 7.31. The average Bonchev–Trinajstić information content (AvgIpc) is 2.95. The maximum absolute atomic E-state index is 12.7. The van der Waals surface area contributed by atoms with E-state index in [-0.39, 0.29) is 5.56 Å². The Labute approximate surface area is 151 Å². The topological polar surface area (TPSA) is 72.3 Å². The molecule has 132 valence electrons. The summed E-state index contributed by atoms with van der Waals surface area (Å²) < 4.78 is 7.36. The van der Waals surface area contributed by atoms with Gasteiger partial charge >= 0.3 is 0 Å². The van der Waals surface area contributed by atoms with Crippen molar-refractivity contribution in [2.24, 2.45) is 0 Å². The fraction of sp³-hybridized carbons (Fsp3) is 0.389. The zero-order valence-corrected chi connectivity index (χ0v) is 15.6. The van der Waals surface area contributed by atoms with Crippen LogP contribution in [-0.2, 0) is 12.8 Å². The molecule has 1 aromatic carbocycles. The standard InChI is InChI=1S/C18H22N4O2S/c1-4-7-15-19-13(5-2)16-18(23)20-17(21-22(15)16)12-10-11(25)8-9-14(12)24-6-3/h8-10,25H,4-7H2,1-3H3,(H,20,21,23). The van der Waals surface area contributed by atoms with Crippen molar-refractivity contribution in [3.63, 3.8) is 0 Å². The number of ether oxygens (including phenoxy) is 1. The van der Waals surface area contributed by atoms with Crippen LogP contribution < -0.4 is 10.3 Å². The van der Waals surface area contributed by atoms with Gasteiger partial charge in [0, 0.05) is 11.3 Å². The first-order chi connectivity index (χ1) is 12.1. The van der Waals surface area contributed by atoms with Gasteiger partial charge in [0.15, 0.2) is 11.3 Å². The molecule has 0 saturated heterocycles. The molecule has 3 rings (SSSR count). The van der Waals surface area contributed by atoms with Crippen LogP contribution in [0.4, 0.5) is 0 Å². The van der Waals surface area contributed by atoms with Crippen LogP contribution in [0.25, 0.3) is 16.9 Å². The van der Waals surface area contributed by atoms with Crippen LogP contribution in [0.5, 0.6) is 5.75 Å². The first-order valence-corrected chi connectivity index (χ1v) is 9.00. The number of hydrogen-bond acceptors (Lipinski definition) is 5. The lowest BCUT2D eigenvalue weighted by atomic mass is 10.2. The lowest BCUT2D eigenvalue weighted by molar-refractivity contribution is 0.341. The maximum Gasteiger partial charge on any atom is 0.277 e. The van der Waals surface area contributed by atoms with Gasteiger partial charge in [-0.25, -0.2) is 9.50 Å². The molecule has 0 unspecified atom stereocenters. The molecular weight excluding hydrogens is 336 g/mol.